The lowest BCUT2D eigenvalue weighted by molar-refractivity contribution is -0.142. The fourth-order valence-corrected chi connectivity index (χ4v) is 2.09. The van der Waals surface area contributed by atoms with E-state index in [-0.39, 0.29) is 24.0 Å². The predicted molar refractivity (Wildman–Crippen MR) is 76.2 cm³/mol. The molecule has 20 heavy (non-hydrogen) atoms. The van der Waals surface area contributed by atoms with Crippen molar-refractivity contribution in [2.75, 3.05) is 0 Å². The molecule has 5 heteroatoms. The van der Waals surface area contributed by atoms with Crippen LogP contribution in [0, 0.1) is 5.92 Å². The van der Waals surface area contributed by atoms with Crippen molar-refractivity contribution in [3.8, 4) is 0 Å². The minimum Gasteiger partial charge on any atom is -0.460 e. The van der Waals surface area contributed by atoms with Gasteiger partial charge in [-0.1, -0.05) is 13.0 Å². The van der Waals surface area contributed by atoms with Crippen molar-refractivity contribution in [2.24, 2.45) is 5.92 Å². The number of carbonyl (C=O) groups excluding carboxylic acids is 2. The van der Waals surface area contributed by atoms with Gasteiger partial charge in [0, 0.05) is 6.42 Å². The lowest BCUT2D eigenvalue weighted by Crippen LogP contribution is -2.46. The Morgan fingerprint density at radius 1 is 1.60 bits per heavy atom. The topological polar surface area (TPSA) is 64.6 Å². The lowest BCUT2D eigenvalue weighted by Gasteiger charge is -2.27. The summed E-state index contributed by atoms with van der Waals surface area (Å²) in [6, 6.07) is -0.246. The first kappa shape index (κ1) is 16.5. The third kappa shape index (κ3) is 5.63. The van der Waals surface area contributed by atoms with Gasteiger partial charge in [0.2, 0.25) is 0 Å². The molecule has 1 fully saturated rings. The van der Waals surface area contributed by atoms with Crippen molar-refractivity contribution < 1.29 is 19.1 Å². The Balaban J connectivity index is 2.64. The summed E-state index contributed by atoms with van der Waals surface area (Å²) in [5.74, 6) is 0.00600. The van der Waals surface area contributed by atoms with Crippen molar-refractivity contribution in [1.29, 1.82) is 0 Å². The van der Waals surface area contributed by atoms with Gasteiger partial charge in [-0.05, 0) is 39.5 Å². The SMILES string of the molecule is C=CC(C)C[C@H](NC(=O)OC(C)(C)C)C1CCC(=O)O1. The molecule has 0 aromatic heterocycles. The van der Waals surface area contributed by atoms with Crippen molar-refractivity contribution in [3.63, 3.8) is 0 Å². The van der Waals surface area contributed by atoms with Crippen LogP contribution in [0.15, 0.2) is 12.7 Å². The normalized spacial score (nSPS) is 21.8. The highest BCUT2D eigenvalue weighted by Crippen LogP contribution is 2.22. The van der Waals surface area contributed by atoms with E-state index in [1.807, 2.05) is 33.8 Å². The zero-order valence-electron chi connectivity index (χ0n) is 12.8. The van der Waals surface area contributed by atoms with Gasteiger partial charge in [-0.15, -0.1) is 6.58 Å². The van der Waals surface area contributed by atoms with Crippen LogP contribution in [0.2, 0.25) is 0 Å². The Labute approximate surface area is 120 Å². The van der Waals surface area contributed by atoms with E-state index in [2.05, 4.69) is 11.9 Å². The van der Waals surface area contributed by atoms with Gasteiger partial charge in [-0.2, -0.15) is 0 Å². The van der Waals surface area contributed by atoms with E-state index in [4.69, 9.17) is 9.47 Å². The lowest BCUT2D eigenvalue weighted by atomic mass is 9.96. The van der Waals surface area contributed by atoms with Gasteiger partial charge in [-0.25, -0.2) is 4.79 Å². The average Bonchev–Trinajstić information content (AvgIpc) is 2.72. The molecule has 1 aliphatic heterocycles. The van der Waals surface area contributed by atoms with Gasteiger partial charge in [0.1, 0.15) is 11.7 Å². The van der Waals surface area contributed by atoms with Crippen LogP contribution in [-0.4, -0.2) is 29.8 Å². The van der Waals surface area contributed by atoms with Crippen LogP contribution in [0.4, 0.5) is 4.79 Å². The van der Waals surface area contributed by atoms with Crippen LogP contribution in [0.25, 0.3) is 0 Å². The molecule has 0 radical (unpaired) electrons. The highest BCUT2D eigenvalue weighted by molar-refractivity contribution is 5.72. The summed E-state index contributed by atoms with van der Waals surface area (Å²) in [4.78, 5) is 23.1. The molecule has 0 saturated carbocycles. The van der Waals surface area contributed by atoms with Gasteiger partial charge in [-0.3, -0.25) is 4.79 Å². The monoisotopic (exact) mass is 283 g/mol. The molecule has 3 atom stereocenters. The maximum Gasteiger partial charge on any atom is 0.408 e. The van der Waals surface area contributed by atoms with Crippen molar-refractivity contribution in [2.45, 2.75) is 64.7 Å². The molecule has 0 aliphatic carbocycles. The summed E-state index contributed by atoms with van der Waals surface area (Å²) in [5.41, 5.74) is -0.551. The summed E-state index contributed by atoms with van der Waals surface area (Å²) >= 11 is 0. The highest BCUT2D eigenvalue weighted by Gasteiger charge is 2.33. The van der Waals surface area contributed by atoms with E-state index in [0.29, 0.717) is 19.3 Å². The molecule has 1 heterocycles. The third-order valence-corrected chi connectivity index (χ3v) is 3.09. The maximum atomic E-state index is 11.9. The fourth-order valence-electron chi connectivity index (χ4n) is 2.09. The van der Waals surface area contributed by atoms with E-state index in [1.165, 1.54) is 0 Å². The number of hydrogen-bond donors (Lipinski definition) is 1. The number of esters is 1. The Kier molecular flexibility index (Phi) is 5.60. The summed E-state index contributed by atoms with van der Waals surface area (Å²) < 4.78 is 10.5. The second-order valence-corrected chi connectivity index (χ2v) is 6.27. The van der Waals surface area contributed by atoms with Crippen LogP contribution in [-0.2, 0) is 14.3 Å². The van der Waals surface area contributed by atoms with E-state index in [1.54, 1.807) is 0 Å². The fraction of sp³-hybridized carbons (Fsp3) is 0.733. The average molecular weight is 283 g/mol. The number of carbonyl (C=O) groups is 2. The molecule has 0 aromatic rings. The van der Waals surface area contributed by atoms with Crippen LogP contribution in [0.1, 0.15) is 47.0 Å². The zero-order valence-corrected chi connectivity index (χ0v) is 12.8. The molecule has 5 nitrogen and oxygen atoms in total. The van der Waals surface area contributed by atoms with Gasteiger partial charge >= 0.3 is 12.1 Å². The summed E-state index contributed by atoms with van der Waals surface area (Å²) in [6.45, 7) is 11.2. The second-order valence-electron chi connectivity index (χ2n) is 6.27. The predicted octanol–water partition coefficient (Wildman–Crippen LogP) is 2.80. The molecule has 1 saturated heterocycles. The Hall–Kier alpha value is -1.52. The zero-order chi connectivity index (χ0) is 15.3. The second kappa shape index (κ2) is 6.77. The van der Waals surface area contributed by atoms with Gasteiger partial charge in [0.25, 0.3) is 0 Å². The number of amides is 1. The maximum absolute atomic E-state index is 11.9. The van der Waals surface area contributed by atoms with Crippen molar-refractivity contribution >= 4 is 12.1 Å². The van der Waals surface area contributed by atoms with Crippen LogP contribution >= 0.6 is 0 Å². The molecular weight excluding hydrogens is 258 g/mol. The van der Waals surface area contributed by atoms with Gasteiger partial charge in [0.15, 0.2) is 0 Å². The standard InChI is InChI=1S/C15H25NO4/c1-6-10(2)9-11(12-7-8-13(17)19-12)16-14(18)20-15(3,4)5/h6,10-12H,1,7-9H2,2-5H3,(H,16,18)/t10?,11-,12?/m0/s1. The van der Waals surface area contributed by atoms with Crippen LogP contribution in [0.3, 0.4) is 0 Å². The van der Waals surface area contributed by atoms with Crippen LogP contribution < -0.4 is 5.32 Å². The Morgan fingerprint density at radius 2 is 2.25 bits per heavy atom. The molecule has 0 bridgehead atoms. The number of cyclic esters (lactones) is 1. The molecule has 0 aromatic carbocycles. The Morgan fingerprint density at radius 3 is 2.70 bits per heavy atom. The highest BCUT2D eigenvalue weighted by atomic mass is 16.6. The summed E-state index contributed by atoms with van der Waals surface area (Å²) in [7, 11) is 0. The largest absolute Gasteiger partial charge is 0.460 e. The first-order valence-electron chi connectivity index (χ1n) is 7.03. The van der Waals surface area contributed by atoms with Gasteiger partial charge < -0.3 is 14.8 Å². The number of alkyl carbamates (subject to hydrolysis) is 1. The number of nitrogens with one attached hydrogen (secondary N) is 1. The number of ether oxygens (including phenoxy) is 2. The molecule has 1 amide bonds. The van der Waals surface area contributed by atoms with E-state index >= 15 is 0 Å². The molecular formula is C15H25NO4. The quantitative estimate of drug-likeness (QED) is 0.622. The molecule has 1 aliphatic rings. The molecule has 114 valence electrons. The summed E-state index contributed by atoms with van der Waals surface area (Å²) in [6.07, 6.45) is 2.75. The third-order valence-electron chi connectivity index (χ3n) is 3.09. The molecule has 2 unspecified atom stereocenters. The number of rotatable bonds is 5. The Bertz CT molecular complexity index is 373. The first-order valence-corrected chi connectivity index (χ1v) is 7.03. The van der Waals surface area contributed by atoms with E-state index < -0.39 is 11.7 Å². The minimum atomic E-state index is -0.551. The van der Waals surface area contributed by atoms with Gasteiger partial charge in [0.05, 0.1) is 6.04 Å². The smallest absolute Gasteiger partial charge is 0.408 e. The van der Waals surface area contributed by atoms with Crippen molar-refractivity contribution in [3.05, 3.63) is 12.7 Å². The molecule has 1 rings (SSSR count). The number of allylic oxidation sites excluding steroid dienone is 1. The van der Waals surface area contributed by atoms with Crippen LogP contribution in [0.5, 0.6) is 0 Å². The summed E-state index contributed by atoms with van der Waals surface area (Å²) in [5, 5.41) is 2.82. The van der Waals surface area contributed by atoms with Crippen molar-refractivity contribution in [1.82, 2.24) is 5.32 Å². The minimum absolute atomic E-state index is 0.211. The first-order chi connectivity index (χ1) is 9.21. The molecule has 0 spiro atoms. The van der Waals surface area contributed by atoms with E-state index in [9.17, 15) is 9.59 Å². The molecule has 1 N–H and O–H groups in total. The van der Waals surface area contributed by atoms with E-state index in [0.717, 1.165) is 0 Å². The number of hydrogen-bond acceptors (Lipinski definition) is 4.